The van der Waals surface area contributed by atoms with Crippen molar-refractivity contribution in [3.63, 3.8) is 0 Å². The van der Waals surface area contributed by atoms with Gasteiger partial charge in [-0.1, -0.05) is 82.7 Å². The number of benzene rings is 3. The van der Waals surface area contributed by atoms with Gasteiger partial charge in [-0.25, -0.2) is 14.2 Å². The molecular weight excluding hydrogens is 611 g/mol. The fourth-order valence-corrected chi connectivity index (χ4v) is 6.19. The summed E-state index contributed by atoms with van der Waals surface area (Å²) in [5, 5.41) is 0. The van der Waals surface area contributed by atoms with Gasteiger partial charge in [0.2, 0.25) is 0 Å². The van der Waals surface area contributed by atoms with Crippen molar-refractivity contribution in [2.45, 2.75) is 26.0 Å². The van der Waals surface area contributed by atoms with Crippen LogP contribution < -0.4 is 24.4 Å². The second kappa shape index (κ2) is 12.2. The Morgan fingerprint density at radius 2 is 1.85 bits per heavy atom. The van der Waals surface area contributed by atoms with E-state index in [0.717, 1.165) is 5.56 Å². The number of carbonyl (C=O) groups excluding carboxylic acids is 1. The predicted octanol–water partition coefficient (Wildman–Crippen LogP) is 5.29. The van der Waals surface area contributed by atoms with Crippen LogP contribution in [0.25, 0.3) is 6.08 Å². The first-order valence-corrected chi connectivity index (χ1v) is 14.4. The number of allylic oxidation sites excluding steroid dienone is 1. The van der Waals surface area contributed by atoms with E-state index in [1.807, 2.05) is 37.3 Å². The fourth-order valence-electron chi connectivity index (χ4n) is 4.72. The zero-order valence-electron chi connectivity index (χ0n) is 22.5. The normalized spacial score (nSPS) is 14.9. The maximum Gasteiger partial charge on any atom is 0.338 e. The molecule has 0 aliphatic carbocycles. The Hall–Kier alpha value is -4.02. The zero-order chi connectivity index (χ0) is 29.1. The third kappa shape index (κ3) is 5.62. The highest BCUT2D eigenvalue weighted by molar-refractivity contribution is 9.10. The van der Waals surface area contributed by atoms with E-state index in [1.54, 1.807) is 36.4 Å². The average molecular weight is 638 g/mol. The van der Waals surface area contributed by atoms with Gasteiger partial charge >= 0.3 is 5.97 Å². The molecule has 0 N–H and O–H groups in total. The molecule has 210 valence electrons. The van der Waals surface area contributed by atoms with Crippen molar-refractivity contribution in [1.82, 2.24) is 4.57 Å². The lowest BCUT2D eigenvalue weighted by Gasteiger charge is -2.25. The van der Waals surface area contributed by atoms with Crippen LogP contribution in [0.5, 0.6) is 11.5 Å². The SMILES string of the molecule is CCC1=C(C(=O)OC)[C@@H](c2ccccc2)n2c(s/c(=C/c3cc(Br)cc(OC)c3OCc3ccccc3F)c2=O)=N1. The minimum atomic E-state index is -0.703. The van der Waals surface area contributed by atoms with Gasteiger partial charge in [0.25, 0.3) is 5.56 Å². The van der Waals surface area contributed by atoms with Crippen molar-refractivity contribution in [2.75, 3.05) is 14.2 Å². The van der Waals surface area contributed by atoms with Crippen LogP contribution in [0.1, 0.15) is 36.1 Å². The van der Waals surface area contributed by atoms with Crippen LogP contribution in [0.15, 0.2) is 92.3 Å². The molecule has 0 unspecified atom stereocenters. The number of esters is 1. The second-order valence-electron chi connectivity index (χ2n) is 9.11. The molecule has 0 amide bonds. The number of ether oxygens (including phenoxy) is 3. The Morgan fingerprint density at radius 3 is 2.54 bits per heavy atom. The Bertz CT molecular complexity index is 1830. The van der Waals surface area contributed by atoms with Gasteiger partial charge in [0.05, 0.1) is 36.1 Å². The molecule has 7 nitrogen and oxygen atoms in total. The smallest absolute Gasteiger partial charge is 0.338 e. The molecule has 4 aromatic rings. The van der Waals surface area contributed by atoms with Gasteiger partial charge in [-0.05, 0) is 36.3 Å². The van der Waals surface area contributed by atoms with Crippen LogP contribution in [0.4, 0.5) is 4.39 Å². The van der Waals surface area contributed by atoms with E-state index >= 15 is 0 Å². The van der Waals surface area contributed by atoms with Gasteiger partial charge in [0, 0.05) is 15.6 Å². The molecule has 5 rings (SSSR count). The van der Waals surface area contributed by atoms with Crippen molar-refractivity contribution >= 4 is 39.3 Å². The molecule has 41 heavy (non-hydrogen) atoms. The molecule has 1 aliphatic rings. The molecule has 0 fully saturated rings. The van der Waals surface area contributed by atoms with Gasteiger partial charge in [-0.2, -0.15) is 0 Å². The van der Waals surface area contributed by atoms with Crippen molar-refractivity contribution in [2.24, 2.45) is 4.99 Å². The maximum atomic E-state index is 14.3. The van der Waals surface area contributed by atoms with E-state index in [0.29, 0.717) is 54.1 Å². The van der Waals surface area contributed by atoms with Crippen molar-refractivity contribution in [1.29, 1.82) is 0 Å². The van der Waals surface area contributed by atoms with E-state index in [2.05, 4.69) is 15.9 Å². The number of nitrogens with zero attached hydrogens (tertiary/aromatic N) is 2. The number of methoxy groups -OCH3 is 2. The summed E-state index contributed by atoms with van der Waals surface area (Å²) in [7, 11) is 2.83. The molecule has 1 aliphatic heterocycles. The predicted molar refractivity (Wildman–Crippen MR) is 158 cm³/mol. The number of aromatic nitrogens is 1. The molecule has 1 aromatic heterocycles. The van der Waals surface area contributed by atoms with Crippen LogP contribution in [-0.4, -0.2) is 24.8 Å². The van der Waals surface area contributed by atoms with E-state index < -0.39 is 12.0 Å². The maximum absolute atomic E-state index is 14.3. The summed E-state index contributed by atoms with van der Waals surface area (Å²) in [6, 6.07) is 18.5. The number of rotatable bonds is 8. The lowest BCUT2D eigenvalue weighted by Crippen LogP contribution is -2.40. The minimum absolute atomic E-state index is 0.0386. The quantitative estimate of drug-likeness (QED) is 0.246. The lowest BCUT2D eigenvalue weighted by molar-refractivity contribution is -0.136. The van der Waals surface area contributed by atoms with E-state index in [4.69, 9.17) is 19.2 Å². The van der Waals surface area contributed by atoms with Crippen LogP contribution in [0.3, 0.4) is 0 Å². The van der Waals surface area contributed by atoms with Crippen LogP contribution in [0, 0.1) is 5.82 Å². The Morgan fingerprint density at radius 1 is 1.12 bits per heavy atom. The van der Waals surface area contributed by atoms with Gasteiger partial charge in [0.15, 0.2) is 16.3 Å². The first-order chi connectivity index (χ1) is 19.9. The molecule has 0 bridgehead atoms. The molecule has 2 heterocycles. The molecule has 0 saturated carbocycles. The number of hydrogen-bond donors (Lipinski definition) is 0. The summed E-state index contributed by atoms with van der Waals surface area (Å²) < 4.78 is 33.7. The number of thiazole rings is 1. The monoisotopic (exact) mass is 636 g/mol. The molecule has 0 radical (unpaired) electrons. The first kappa shape index (κ1) is 28.5. The fraction of sp³-hybridized carbons (Fsp3) is 0.194. The van der Waals surface area contributed by atoms with Gasteiger partial charge < -0.3 is 14.2 Å². The number of fused-ring (bicyclic) bond motifs is 1. The summed E-state index contributed by atoms with van der Waals surface area (Å²) in [6.07, 6.45) is 2.18. The number of halogens is 2. The van der Waals surface area contributed by atoms with Crippen LogP contribution >= 0.6 is 27.3 Å². The molecule has 0 saturated heterocycles. The molecule has 10 heteroatoms. The van der Waals surface area contributed by atoms with Crippen molar-refractivity contribution < 1.29 is 23.4 Å². The van der Waals surface area contributed by atoms with Crippen LogP contribution in [-0.2, 0) is 16.1 Å². The van der Waals surface area contributed by atoms with Crippen molar-refractivity contribution in [3.8, 4) is 11.5 Å². The standard InChI is InChI=1S/C31H26BrFN2O5S/c1-4-23-26(30(37)39-3)27(18-10-6-5-7-11-18)35-29(36)25(41-31(35)34-23)15-20-14-21(32)16-24(38-2)28(20)40-17-19-12-8-9-13-22(19)33/h5-16,27H,4,17H2,1-3H3/b25-15+/t27-/m1/s1. The second-order valence-corrected chi connectivity index (χ2v) is 11.0. The number of hydrogen-bond acceptors (Lipinski definition) is 7. The zero-order valence-corrected chi connectivity index (χ0v) is 24.9. The molecule has 1 atom stereocenters. The summed E-state index contributed by atoms with van der Waals surface area (Å²) in [5.74, 6) is -0.145. The Balaban J connectivity index is 1.69. The molecule has 3 aromatic carbocycles. The lowest BCUT2D eigenvalue weighted by atomic mass is 9.95. The highest BCUT2D eigenvalue weighted by Gasteiger charge is 2.33. The van der Waals surface area contributed by atoms with Crippen LogP contribution in [0.2, 0.25) is 0 Å². The summed E-state index contributed by atoms with van der Waals surface area (Å²) in [6.45, 7) is 1.87. The summed E-state index contributed by atoms with van der Waals surface area (Å²) in [4.78, 5) is 32.2. The Kier molecular flexibility index (Phi) is 8.51. The minimum Gasteiger partial charge on any atom is -0.493 e. The highest BCUT2D eigenvalue weighted by Crippen LogP contribution is 2.36. The molecule has 0 spiro atoms. The highest BCUT2D eigenvalue weighted by atomic mass is 79.9. The summed E-state index contributed by atoms with van der Waals surface area (Å²) in [5.41, 5.74) is 2.28. The topological polar surface area (TPSA) is 79.1 Å². The largest absolute Gasteiger partial charge is 0.493 e. The average Bonchev–Trinajstić information content (AvgIpc) is 3.30. The van der Waals surface area contributed by atoms with E-state index in [1.165, 1.54) is 36.2 Å². The number of carbonyl (C=O) groups is 1. The third-order valence-corrected chi connectivity index (χ3v) is 8.09. The summed E-state index contributed by atoms with van der Waals surface area (Å²) >= 11 is 4.71. The van der Waals surface area contributed by atoms with Gasteiger partial charge in [0.1, 0.15) is 12.4 Å². The van der Waals surface area contributed by atoms with E-state index in [9.17, 15) is 14.0 Å². The first-order valence-electron chi connectivity index (χ1n) is 12.8. The molecular formula is C31H26BrFN2O5S. The van der Waals surface area contributed by atoms with Crippen molar-refractivity contribution in [3.05, 3.63) is 125 Å². The van der Waals surface area contributed by atoms with Gasteiger partial charge in [-0.3, -0.25) is 9.36 Å². The van der Waals surface area contributed by atoms with Gasteiger partial charge in [-0.15, -0.1) is 0 Å². The third-order valence-electron chi connectivity index (χ3n) is 6.65. The van der Waals surface area contributed by atoms with E-state index in [-0.39, 0.29) is 18.0 Å². The Labute approximate surface area is 248 Å².